The summed E-state index contributed by atoms with van der Waals surface area (Å²) in [5, 5.41) is 1.60. The van der Waals surface area contributed by atoms with Gasteiger partial charge in [-0.15, -0.1) is 0 Å². The van der Waals surface area contributed by atoms with Crippen molar-refractivity contribution < 1.29 is 18.8 Å². The lowest BCUT2D eigenvalue weighted by Gasteiger charge is -2.28. The van der Waals surface area contributed by atoms with Gasteiger partial charge >= 0.3 is 0 Å². The Morgan fingerprint density at radius 2 is 1.47 bits per heavy atom. The molecular formula is C24H19FN2O3. The average molecular weight is 402 g/mol. The number of hydrogen-bond donors (Lipinski definition) is 0. The van der Waals surface area contributed by atoms with Crippen molar-refractivity contribution in [2.24, 2.45) is 5.92 Å². The van der Waals surface area contributed by atoms with E-state index in [1.54, 1.807) is 29.3 Å². The number of imide groups is 1. The average Bonchev–Trinajstić information content (AvgIpc) is 3.27. The fourth-order valence-electron chi connectivity index (χ4n) is 4.16. The number of halogens is 1. The van der Waals surface area contributed by atoms with Crippen LogP contribution in [0, 0.1) is 18.7 Å². The van der Waals surface area contributed by atoms with Gasteiger partial charge in [0.15, 0.2) is 6.10 Å². The van der Waals surface area contributed by atoms with Crippen molar-refractivity contribution >= 4 is 23.2 Å². The molecule has 3 aromatic rings. The molecule has 0 N–H and O–H groups in total. The van der Waals surface area contributed by atoms with Crippen LogP contribution in [0.2, 0.25) is 0 Å². The van der Waals surface area contributed by atoms with Crippen LogP contribution >= 0.6 is 0 Å². The minimum Gasteiger partial charge on any atom is -0.273 e. The van der Waals surface area contributed by atoms with E-state index in [0.717, 1.165) is 11.3 Å². The molecule has 0 spiro atoms. The van der Waals surface area contributed by atoms with Crippen molar-refractivity contribution in [1.82, 2.24) is 0 Å². The van der Waals surface area contributed by atoms with Crippen molar-refractivity contribution in [2.75, 3.05) is 9.96 Å². The number of aryl methyl sites for hydroxylation is 1. The summed E-state index contributed by atoms with van der Waals surface area (Å²) in [6.45, 7) is 1.94. The summed E-state index contributed by atoms with van der Waals surface area (Å²) in [5.41, 5.74) is 3.00. The Balaban J connectivity index is 1.58. The van der Waals surface area contributed by atoms with E-state index in [1.807, 2.05) is 49.4 Å². The Labute approximate surface area is 173 Å². The van der Waals surface area contributed by atoms with Gasteiger partial charge in [0.2, 0.25) is 5.91 Å². The third-order valence-corrected chi connectivity index (χ3v) is 5.63. The van der Waals surface area contributed by atoms with Gasteiger partial charge in [-0.2, -0.15) is 0 Å². The smallest absolute Gasteiger partial charge is 0.266 e. The number of carbonyl (C=O) groups excluding carboxylic acids is 2. The number of hydrogen-bond acceptors (Lipinski definition) is 4. The molecule has 0 radical (unpaired) electrons. The predicted molar refractivity (Wildman–Crippen MR) is 110 cm³/mol. The van der Waals surface area contributed by atoms with Crippen LogP contribution < -0.4 is 9.96 Å². The van der Waals surface area contributed by atoms with Crippen LogP contribution in [0.5, 0.6) is 0 Å². The highest BCUT2D eigenvalue weighted by Crippen LogP contribution is 2.47. The van der Waals surface area contributed by atoms with Crippen LogP contribution in [0.4, 0.5) is 15.8 Å². The van der Waals surface area contributed by atoms with E-state index in [1.165, 1.54) is 17.0 Å². The standard InChI is InChI=1S/C24H19FN2O3/c1-15-7-13-18(14-8-15)26-23(28)20-21(16-9-11-17(25)12-10-16)27(30-22(20)24(26)29)19-5-3-2-4-6-19/h2-14,20-22H,1H3/t20-,21+,22+/m0/s1. The van der Waals surface area contributed by atoms with E-state index in [2.05, 4.69) is 0 Å². The highest BCUT2D eigenvalue weighted by atomic mass is 19.1. The number of carbonyl (C=O) groups is 2. The van der Waals surface area contributed by atoms with E-state index >= 15 is 0 Å². The Kier molecular flexibility index (Phi) is 4.37. The molecule has 0 unspecified atom stereocenters. The van der Waals surface area contributed by atoms with Gasteiger partial charge in [0.25, 0.3) is 5.91 Å². The SMILES string of the molecule is Cc1ccc(N2C(=O)[C@H]3[C@@H](c4ccc(F)cc4)N(c4ccccc4)O[C@H]3C2=O)cc1. The molecule has 0 aromatic heterocycles. The highest BCUT2D eigenvalue weighted by Gasteiger charge is 2.60. The highest BCUT2D eigenvalue weighted by molar-refractivity contribution is 6.23. The fraction of sp³-hybridized carbons (Fsp3) is 0.167. The van der Waals surface area contributed by atoms with Crippen LogP contribution in [0.1, 0.15) is 17.2 Å². The van der Waals surface area contributed by atoms with Crippen LogP contribution in [0.25, 0.3) is 0 Å². The van der Waals surface area contributed by atoms with Crippen molar-refractivity contribution in [2.45, 2.75) is 19.1 Å². The maximum atomic E-state index is 13.5. The Morgan fingerprint density at radius 1 is 0.800 bits per heavy atom. The van der Waals surface area contributed by atoms with Gasteiger partial charge in [-0.05, 0) is 48.9 Å². The lowest BCUT2D eigenvalue weighted by Crippen LogP contribution is -2.37. The van der Waals surface area contributed by atoms with Gasteiger partial charge in [0.05, 0.1) is 17.4 Å². The lowest BCUT2D eigenvalue weighted by atomic mass is 9.90. The Hall–Kier alpha value is -3.51. The summed E-state index contributed by atoms with van der Waals surface area (Å²) >= 11 is 0. The van der Waals surface area contributed by atoms with Crippen molar-refractivity contribution in [1.29, 1.82) is 0 Å². The van der Waals surface area contributed by atoms with Gasteiger partial charge in [-0.1, -0.05) is 48.0 Å². The summed E-state index contributed by atoms with van der Waals surface area (Å²) in [4.78, 5) is 33.9. The maximum absolute atomic E-state index is 13.5. The van der Waals surface area contributed by atoms with E-state index in [-0.39, 0.29) is 17.6 Å². The van der Waals surface area contributed by atoms with Crippen LogP contribution in [0.3, 0.4) is 0 Å². The number of anilines is 2. The van der Waals surface area contributed by atoms with E-state index < -0.39 is 18.1 Å². The zero-order chi connectivity index (χ0) is 20.8. The lowest BCUT2D eigenvalue weighted by molar-refractivity contribution is -0.126. The first kappa shape index (κ1) is 18.5. The topological polar surface area (TPSA) is 49.9 Å². The van der Waals surface area contributed by atoms with Crippen molar-refractivity contribution in [3.63, 3.8) is 0 Å². The van der Waals surface area contributed by atoms with E-state index in [0.29, 0.717) is 11.3 Å². The summed E-state index contributed by atoms with van der Waals surface area (Å²) in [7, 11) is 0. The number of benzene rings is 3. The maximum Gasteiger partial charge on any atom is 0.266 e. The molecular weight excluding hydrogens is 383 g/mol. The molecule has 0 bridgehead atoms. The zero-order valence-electron chi connectivity index (χ0n) is 16.2. The Bertz CT molecular complexity index is 1100. The van der Waals surface area contributed by atoms with Crippen LogP contribution in [0.15, 0.2) is 78.9 Å². The molecule has 5 nitrogen and oxygen atoms in total. The monoisotopic (exact) mass is 402 g/mol. The quantitative estimate of drug-likeness (QED) is 0.617. The largest absolute Gasteiger partial charge is 0.273 e. The van der Waals surface area contributed by atoms with Crippen molar-refractivity contribution in [3.8, 4) is 0 Å². The summed E-state index contributed by atoms with van der Waals surface area (Å²) in [5.74, 6) is -1.80. The third kappa shape index (κ3) is 2.88. The molecule has 150 valence electrons. The minimum atomic E-state index is -0.936. The second-order valence-corrected chi connectivity index (χ2v) is 7.56. The predicted octanol–water partition coefficient (Wildman–Crippen LogP) is 4.19. The first-order valence-electron chi connectivity index (χ1n) is 9.75. The molecule has 3 atom stereocenters. The summed E-state index contributed by atoms with van der Waals surface area (Å²) in [6.07, 6.45) is -0.936. The summed E-state index contributed by atoms with van der Waals surface area (Å²) < 4.78 is 13.5. The fourth-order valence-corrected chi connectivity index (χ4v) is 4.16. The molecule has 2 fully saturated rings. The summed E-state index contributed by atoms with van der Waals surface area (Å²) in [6, 6.07) is 22.0. The molecule has 0 aliphatic carbocycles. The first-order chi connectivity index (χ1) is 14.5. The number of fused-ring (bicyclic) bond motifs is 1. The van der Waals surface area contributed by atoms with Crippen LogP contribution in [-0.2, 0) is 14.4 Å². The van der Waals surface area contributed by atoms with Gasteiger partial charge in [-0.25, -0.2) is 14.4 Å². The Morgan fingerprint density at radius 3 is 2.13 bits per heavy atom. The molecule has 2 heterocycles. The molecule has 30 heavy (non-hydrogen) atoms. The van der Waals surface area contributed by atoms with Gasteiger partial charge < -0.3 is 0 Å². The van der Waals surface area contributed by atoms with E-state index in [4.69, 9.17) is 4.84 Å². The zero-order valence-corrected chi connectivity index (χ0v) is 16.2. The number of rotatable bonds is 3. The van der Waals surface area contributed by atoms with E-state index in [9.17, 15) is 14.0 Å². The first-order valence-corrected chi connectivity index (χ1v) is 9.75. The van der Waals surface area contributed by atoms with Crippen LogP contribution in [-0.4, -0.2) is 17.9 Å². The second-order valence-electron chi connectivity index (χ2n) is 7.56. The minimum absolute atomic E-state index is 0.318. The van der Waals surface area contributed by atoms with Gasteiger partial charge in [-0.3, -0.25) is 14.4 Å². The molecule has 2 saturated heterocycles. The normalized spacial score (nSPS) is 23.2. The van der Waals surface area contributed by atoms with Gasteiger partial charge in [0.1, 0.15) is 11.7 Å². The number of amides is 2. The molecule has 2 aliphatic rings. The molecule has 6 heteroatoms. The molecule has 3 aromatic carbocycles. The second kappa shape index (κ2) is 7.07. The third-order valence-electron chi connectivity index (χ3n) is 5.63. The van der Waals surface area contributed by atoms with Crippen molar-refractivity contribution in [3.05, 3.63) is 95.8 Å². The number of nitrogens with zero attached hydrogens (tertiary/aromatic N) is 2. The molecule has 0 saturated carbocycles. The molecule has 5 rings (SSSR count). The number of hydroxylamine groups is 1. The number of para-hydroxylation sites is 1. The molecule has 2 amide bonds. The van der Waals surface area contributed by atoms with Gasteiger partial charge in [0, 0.05) is 0 Å². The molecule has 2 aliphatic heterocycles.